The fraction of sp³-hybridized carbons (Fsp3) is 0.300. The van der Waals surface area contributed by atoms with Crippen molar-refractivity contribution in [2.45, 2.75) is 38.8 Å². The van der Waals surface area contributed by atoms with Crippen LogP contribution in [-0.2, 0) is 6.54 Å². The minimum atomic E-state index is 0.0705. The number of halogens is 1. The molecule has 1 saturated carbocycles. The molecule has 1 aromatic carbocycles. The fourth-order valence-electron chi connectivity index (χ4n) is 3.71. The zero-order valence-corrected chi connectivity index (χ0v) is 17.7. The Morgan fingerprint density at radius 3 is 2.86 bits per heavy atom. The molecule has 1 aliphatic carbocycles. The Labute approximate surface area is 176 Å². The summed E-state index contributed by atoms with van der Waals surface area (Å²) >= 11 is 1.89. The minimum absolute atomic E-state index is 0.0705. The zero-order valence-electron chi connectivity index (χ0n) is 15.5. The summed E-state index contributed by atoms with van der Waals surface area (Å²) in [6, 6.07) is 8.25. The first kappa shape index (κ1) is 18.9. The Balaban J connectivity index is 1.78. The number of hydrogen-bond donors (Lipinski definition) is 3. The number of nitrogen functional groups attached to an aromatic ring is 1. The van der Waals surface area contributed by atoms with Gasteiger partial charge in [-0.3, -0.25) is 10.2 Å². The molecule has 0 saturated heterocycles. The van der Waals surface area contributed by atoms with E-state index in [9.17, 15) is 4.79 Å². The van der Waals surface area contributed by atoms with Gasteiger partial charge < -0.3 is 15.6 Å². The molecule has 1 fully saturated rings. The Hall–Kier alpha value is -2.49. The highest BCUT2D eigenvalue weighted by Crippen LogP contribution is 2.33. The second-order valence-corrected chi connectivity index (χ2v) is 8.16. The topological polar surface area (TPSA) is 110 Å². The summed E-state index contributed by atoms with van der Waals surface area (Å²) in [7, 11) is 0. The molecular formula is C20H21IN6O. The van der Waals surface area contributed by atoms with Gasteiger partial charge >= 0.3 is 0 Å². The van der Waals surface area contributed by atoms with Gasteiger partial charge in [-0.25, -0.2) is 9.97 Å². The number of nitrogens with two attached hydrogens (primary N) is 1. The third kappa shape index (κ3) is 3.25. The van der Waals surface area contributed by atoms with Gasteiger partial charge in [-0.1, -0.05) is 18.2 Å². The molecule has 2 aromatic heterocycles. The first-order valence-corrected chi connectivity index (χ1v) is 10.3. The highest BCUT2D eigenvalue weighted by atomic mass is 127. The van der Waals surface area contributed by atoms with Crippen LogP contribution in [0, 0.1) is 12.3 Å². The van der Waals surface area contributed by atoms with E-state index < -0.39 is 0 Å². The number of hydrogen-bond acceptors (Lipinski definition) is 6. The smallest absolute Gasteiger partial charge is 0.259 e. The van der Waals surface area contributed by atoms with Crippen LogP contribution >= 0.6 is 22.6 Å². The van der Waals surface area contributed by atoms with Gasteiger partial charge in [-0.2, -0.15) is 0 Å². The van der Waals surface area contributed by atoms with Crippen molar-refractivity contribution in [2.24, 2.45) is 0 Å². The van der Waals surface area contributed by atoms with E-state index in [1.54, 1.807) is 0 Å². The molecule has 7 nitrogen and oxygen atoms in total. The van der Waals surface area contributed by atoms with Crippen molar-refractivity contribution in [1.82, 2.24) is 14.5 Å². The van der Waals surface area contributed by atoms with E-state index in [2.05, 4.69) is 21.4 Å². The normalized spacial score (nSPS) is 14.1. The molecule has 0 aliphatic heterocycles. The largest absolute Gasteiger partial charge is 0.383 e. The summed E-state index contributed by atoms with van der Waals surface area (Å²) in [4.78, 5) is 21.5. The average molecular weight is 488 g/mol. The van der Waals surface area contributed by atoms with Gasteiger partial charge in [0, 0.05) is 11.7 Å². The van der Waals surface area contributed by atoms with Crippen LogP contribution in [0.4, 0.5) is 11.6 Å². The minimum Gasteiger partial charge on any atom is -0.383 e. The molecule has 0 atom stereocenters. The van der Waals surface area contributed by atoms with Crippen LogP contribution in [0.5, 0.6) is 0 Å². The lowest BCUT2D eigenvalue weighted by atomic mass is 9.91. The lowest BCUT2D eigenvalue weighted by molar-refractivity contribution is 0.301. The van der Waals surface area contributed by atoms with Crippen LogP contribution in [-0.4, -0.2) is 18.3 Å². The van der Waals surface area contributed by atoms with Gasteiger partial charge in [0.2, 0.25) is 0 Å². The maximum atomic E-state index is 13.3. The number of nitrogens with zero attached hydrogens (tertiary/aromatic N) is 3. The van der Waals surface area contributed by atoms with Crippen molar-refractivity contribution in [3.8, 4) is 0 Å². The molecule has 3 aromatic rings. The van der Waals surface area contributed by atoms with E-state index in [1.165, 1.54) is 6.33 Å². The number of fused-ring (bicyclic) bond motifs is 1. The second-order valence-electron chi connectivity index (χ2n) is 7.08. The van der Waals surface area contributed by atoms with Crippen LogP contribution in [0.15, 0.2) is 35.4 Å². The predicted molar refractivity (Wildman–Crippen MR) is 120 cm³/mol. The molecule has 0 amide bonds. The molecule has 144 valence electrons. The third-order valence-electron chi connectivity index (χ3n) is 5.34. The molecule has 0 radical (unpaired) electrons. The Bertz CT molecular complexity index is 1140. The Morgan fingerprint density at radius 1 is 1.39 bits per heavy atom. The van der Waals surface area contributed by atoms with Crippen molar-refractivity contribution in [3.05, 3.63) is 57.8 Å². The van der Waals surface area contributed by atoms with Crippen molar-refractivity contribution in [1.29, 1.82) is 5.41 Å². The number of rotatable bonds is 5. The summed E-state index contributed by atoms with van der Waals surface area (Å²) in [6.07, 6.45) is 4.57. The quantitative estimate of drug-likeness (QED) is 0.374. The number of nitrogens with one attached hydrogen (secondary N) is 2. The zero-order chi connectivity index (χ0) is 19.8. The Morgan fingerprint density at radius 2 is 2.18 bits per heavy atom. The van der Waals surface area contributed by atoms with Crippen molar-refractivity contribution >= 4 is 48.7 Å². The van der Waals surface area contributed by atoms with Gasteiger partial charge in [0.05, 0.1) is 17.5 Å². The lowest BCUT2D eigenvalue weighted by Gasteiger charge is -2.31. The molecule has 2 heterocycles. The molecule has 1 aliphatic rings. The molecule has 8 heteroatoms. The van der Waals surface area contributed by atoms with Crippen molar-refractivity contribution < 1.29 is 0 Å². The van der Waals surface area contributed by atoms with Crippen LogP contribution in [0.2, 0.25) is 0 Å². The number of benzene rings is 1. The monoisotopic (exact) mass is 488 g/mol. The maximum Gasteiger partial charge on any atom is 0.259 e. The number of aromatic nitrogens is 3. The van der Waals surface area contributed by atoms with E-state index >= 15 is 0 Å². The Kier molecular flexibility index (Phi) is 5.05. The first-order chi connectivity index (χ1) is 13.5. The van der Waals surface area contributed by atoms with E-state index in [0.717, 1.165) is 41.3 Å². The first-order valence-electron chi connectivity index (χ1n) is 9.20. The van der Waals surface area contributed by atoms with Gasteiger partial charge in [-0.05, 0) is 65.8 Å². The summed E-state index contributed by atoms with van der Waals surface area (Å²) in [6.45, 7) is 2.40. The molecule has 0 unspecified atom stereocenters. The van der Waals surface area contributed by atoms with Crippen molar-refractivity contribution in [3.63, 3.8) is 0 Å². The summed E-state index contributed by atoms with van der Waals surface area (Å²) in [5.41, 5.74) is 8.39. The maximum absolute atomic E-state index is 13.3. The average Bonchev–Trinajstić information content (AvgIpc) is 2.60. The van der Waals surface area contributed by atoms with Crippen LogP contribution in [0.3, 0.4) is 0 Å². The van der Waals surface area contributed by atoms with Crippen LogP contribution in [0.1, 0.15) is 42.1 Å². The standard InChI is InChI=1S/C20H21IN6O/c1-11-4-2-5-12-8-14(27(13-6-3-7-13)20(28)15(11)12)9-24-19-16(17(21)22)18(23)25-10-26-19/h2,4-5,8,10,13,22H,3,6-7,9H2,1H3,(H3,23,24,25,26). The highest BCUT2D eigenvalue weighted by Gasteiger charge is 2.24. The molecule has 28 heavy (non-hydrogen) atoms. The molecular weight excluding hydrogens is 467 g/mol. The summed E-state index contributed by atoms with van der Waals surface area (Å²) in [5.74, 6) is 0.770. The molecule has 4 rings (SSSR count). The number of aryl methyl sites for hydroxylation is 1. The molecule has 0 spiro atoms. The summed E-state index contributed by atoms with van der Waals surface area (Å²) in [5, 5.41) is 12.9. The highest BCUT2D eigenvalue weighted by molar-refractivity contribution is 14.1. The lowest BCUT2D eigenvalue weighted by Crippen LogP contribution is -2.32. The number of pyridine rings is 1. The molecule has 0 bridgehead atoms. The van der Waals surface area contributed by atoms with Crippen LogP contribution in [0.25, 0.3) is 10.8 Å². The predicted octanol–water partition coefficient (Wildman–Crippen LogP) is 3.78. The SMILES string of the molecule is Cc1cccc2cc(CNc3ncnc(N)c3C(=N)I)n(C3CCC3)c(=O)c12. The third-order valence-corrected chi connectivity index (χ3v) is 5.88. The van der Waals surface area contributed by atoms with E-state index in [1.807, 2.05) is 52.3 Å². The van der Waals surface area contributed by atoms with Crippen LogP contribution < -0.4 is 16.6 Å². The van der Waals surface area contributed by atoms with Gasteiger partial charge in [-0.15, -0.1) is 0 Å². The molecule has 4 N–H and O–H groups in total. The van der Waals surface area contributed by atoms with Gasteiger partial charge in [0.1, 0.15) is 21.7 Å². The number of anilines is 2. The van der Waals surface area contributed by atoms with E-state index in [-0.39, 0.29) is 21.1 Å². The van der Waals surface area contributed by atoms with Gasteiger partial charge in [0.25, 0.3) is 5.56 Å². The summed E-state index contributed by atoms with van der Waals surface area (Å²) < 4.78 is 2.20. The van der Waals surface area contributed by atoms with E-state index in [4.69, 9.17) is 11.1 Å². The van der Waals surface area contributed by atoms with Crippen molar-refractivity contribution in [2.75, 3.05) is 11.1 Å². The second kappa shape index (κ2) is 7.50. The fourth-order valence-corrected chi connectivity index (χ4v) is 4.24. The van der Waals surface area contributed by atoms with Gasteiger partial charge in [0.15, 0.2) is 0 Å². The van der Waals surface area contributed by atoms with E-state index in [0.29, 0.717) is 17.9 Å².